The molecule has 0 saturated carbocycles. The standard InChI is InChI=1S/C16H29N3O2/c1-3-16(20)14-19(13-15-5-4-6-17(15)2)8-7-18-9-11-21-12-10-18/h4-6,16,20H,3,7-14H2,1-2H3. The lowest BCUT2D eigenvalue weighted by Crippen LogP contribution is -2.43. The number of aliphatic hydroxyl groups excluding tert-OH is 1. The van der Waals surface area contributed by atoms with Crippen molar-refractivity contribution in [2.75, 3.05) is 45.9 Å². The molecular weight excluding hydrogens is 266 g/mol. The van der Waals surface area contributed by atoms with Gasteiger partial charge in [0, 0.05) is 58.2 Å². The van der Waals surface area contributed by atoms with E-state index in [1.165, 1.54) is 5.69 Å². The second kappa shape index (κ2) is 8.54. The van der Waals surface area contributed by atoms with Crippen molar-refractivity contribution in [2.45, 2.75) is 26.0 Å². The first-order chi connectivity index (χ1) is 10.2. The molecule has 0 bridgehead atoms. The van der Waals surface area contributed by atoms with Gasteiger partial charge in [0.15, 0.2) is 0 Å². The highest BCUT2D eigenvalue weighted by Crippen LogP contribution is 2.08. The molecule has 1 aliphatic rings. The summed E-state index contributed by atoms with van der Waals surface area (Å²) in [4.78, 5) is 4.80. The van der Waals surface area contributed by atoms with Gasteiger partial charge in [0.25, 0.3) is 0 Å². The third-order valence-corrected chi connectivity index (χ3v) is 4.21. The second-order valence-electron chi connectivity index (χ2n) is 5.86. The van der Waals surface area contributed by atoms with Crippen molar-refractivity contribution in [1.82, 2.24) is 14.4 Å². The van der Waals surface area contributed by atoms with Crippen LogP contribution in [-0.4, -0.2) is 71.5 Å². The lowest BCUT2D eigenvalue weighted by atomic mass is 10.2. The zero-order valence-corrected chi connectivity index (χ0v) is 13.4. The van der Waals surface area contributed by atoms with Crippen LogP contribution in [0.5, 0.6) is 0 Å². The van der Waals surface area contributed by atoms with E-state index in [0.29, 0.717) is 0 Å². The number of aryl methyl sites for hydroxylation is 1. The van der Waals surface area contributed by atoms with E-state index < -0.39 is 0 Å². The molecule has 1 saturated heterocycles. The summed E-state index contributed by atoms with van der Waals surface area (Å²) in [6.45, 7) is 9.43. The van der Waals surface area contributed by atoms with E-state index in [0.717, 1.165) is 58.9 Å². The van der Waals surface area contributed by atoms with E-state index in [-0.39, 0.29) is 6.10 Å². The normalized spacial score (nSPS) is 18.3. The molecule has 2 heterocycles. The first-order valence-corrected chi connectivity index (χ1v) is 7.99. The Labute approximate surface area is 128 Å². The molecule has 1 aromatic heterocycles. The quantitative estimate of drug-likeness (QED) is 0.775. The lowest BCUT2D eigenvalue weighted by molar-refractivity contribution is 0.0288. The van der Waals surface area contributed by atoms with Crippen LogP contribution in [-0.2, 0) is 18.3 Å². The zero-order valence-electron chi connectivity index (χ0n) is 13.4. The minimum Gasteiger partial charge on any atom is -0.392 e. The van der Waals surface area contributed by atoms with Gasteiger partial charge in [-0.25, -0.2) is 0 Å². The maximum Gasteiger partial charge on any atom is 0.0664 e. The van der Waals surface area contributed by atoms with Crippen LogP contribution in [0.25, 0.3) is 0 Å². The summed E-state index contributed by atoms with van der Waals surface area (Å²) >= 11 is 0. The van der Waals surface area contributed by atoms with Crippen LogP contribution in [0.3, 0.4) is 0 Å². The summed E-state index contributed by atoms with van der Waals surface area (Å²) in [6.07, 6.45) is 2.64. The molecule has 0 amide bonds. The fourth-order valence-corrected chi connectivity index (χ4v) is 2.66. The lowest BCUT2D eigenvalue weighted by Gasteiger charge is -2.31. The Morgan fingerprint density at radius 2 is 2.14 bits per heavy atom. The Balaban J connectivity index is 1.86. The molecule has 0 aromatic carbocycles. The number of nitrogens with zero attached hydrogens (tertiary/aromatic N) is 3. The van der Waals surface area contributed by atoms with Gasteiger partial charge in [-0.1, -0.05) is 6.92 Å². The third kappa shape index (κ3) is 5.43. The number of rotatable bonds is 8. The molecule has 0 spiro atoms. The van der Waals surface area contributed by atoms with Crippen molar-refractivity contribution in [2.24, 2.45) is 7.05 Å². The molecule has 0 radical (unpaired) electrons. The molecule has 21 heavy (non-hydrogen) atoms. The SMILES string of the molecule is CCC(O)CN(CCN1CCOCC1)Cc1cccn1C. The molecule has 1 atom stereocenters. The van der Waals surface area contributed by atoms with E-state index in [9.17, 15) is 5.11 Å². The second-order valence-corrected chi connectivity index (χ2v) is 5.86. The predicted octanol–water partition coefficient (Wildman–Crippen LogP) is 0.930. The molecule has 5 heteroatoms. The molecule has 120 valence electrons. The van der Waals surface area contributed by atoms with Gasteiger partial charge in [0.2, 0.25) is 0 Å². The number of aromatic nitrogens is 1. The fourth-order valence-electron chi connectivity index (χ4n) is 2.66. The zero-order chi connectivity index (χ0) is 15.1. The molecule has 1 N–H and O–H groups in total. The Hall–Kier alpha value is -0.880. The number of morpholine rings is 1. The maximum atomic E-state index is 9.98. The van der Waals surface area contributed by atoms with Crippen molar-refractivity contribution in [1.29, 1.82) is 0 Å². The smallest absolute Gasteiger partial charge is 0.0664 e. The van der Waals surface area contributed by atoms with Crippen molar-refractivity contribution < 1.29 is 9.84 Å². The van der Waals surface area contributed by atoms with Crippen molar-refractivity contribution in [3.63, 3.8) is 0 Å². The first kappa shape index (κ1) is 16.5. The highest BCUT2D eigenvalue weighted by Gasteiger charge is 2.15. The molecule has 0 aliphatic carbocycles. The van der Waals surface area contributed by atoms with Gasteiger partial charge in [0.05, 0.1) is 19.3 Å². The van der Waals surface area contributed by atoms with Gasteiger partial charge in [-0.2, -0.15) is 0 Å². The summed E-state index contributed by atoms with van der Waals surface area (Å²) in [5, 5.41) is 9.98. The van der Waals surface area contributed by atoms with Gasteiger partial charge in [-0.3, -0.25) is 9.80 Å². The maximum absolute atomic E-state index is 9.98. The van der Waals surface area contributed by atoms with Crippen LogP contribution in [0.1, 0.15) is 19.0 Å². The summed E-state index contributed by atoms with van der Waals surface area (Å²) < 4.78 is 7.54. The molecule has 1 aromatic rings. The summed E-state index contributed by atoms with van der Waals surface area (Å²) in [5.74, 6) is 0. The highest BCUT2D eigenvalue weighted by atomic mass is 16.5. The summed E-state index contributed by atoms with van der Waals surface area (Å²) in [7, 11) is 2.08. The Morgan fingerprint density at radius 3 is 2.76 bits per heavy atom. The largest absolute Gasteiger partial charge is 0.392 e. The highest BCUT2D eigenvalue weighted by molar-refractivity contribution is 5.06. The van der Waals surface area contributed by atoms with E-state index in [4.69, 9.17) is 4.74 Å². The van der Waals surface area contributed by atoms with Crippen LogP contribution >= 0.6 is 0 Å². The topological polar surface area (TPSA) is 40.9 Å². The Bertz CT molecular complexity index is 402. The van der Waals surface area contributed by atoms with Crippen LogP contribution in [0.2, 0.25) is 0 Å². The number of ether oxygens (including phenoxy) is 1. The van der Waals surface area contributed by atoms with E-state index in [1.54, 1.807) is 0 Å². The van der Waals surface area contributed by atoms with E-state index in [2.05, 4.69) is 39.7 Å². The third-order valence-electron chi connectivity index (χ3n) is 4.21. The average molecular weight is 295 g/mol. The van der Waals surface area contributed by atoms with Crippen molar-refractivity contribution in [3.8, 4) is 0 Å². The van der Waals surface area contributed by atoms with Gasteiger partial charge < -0.3 is 14.4 Å². The van der Waals surface area contributed by atoms with Gasteiger partial charge in [-0.05, 0) is 18.6 Å². The summed E-state index contributed by atoms with van der Waals surface area (Å²) in [6, 6.07) is 4.23. The first-order valence-electron chi connectivity index (χ1n) is 7.99. The number of hydrogen-bond acceptors (Lipinski definition) is 4. The molecule has 1 fully saturated rings. The Morgan fingerprint density at radius 1 is 1.38 bits per heavy atom. The molecule has 1 unspecified atom stereocenters. The minimum atomic E-state index is -0.241. The molecular formula is C16H29N3O2. The predicted molar refractivity (Wildman–Crippen MR) is 84.2 cm³/mol. The van der Waals surface area contributed by atoms with Gasteiger partial charge >= 0.3 is 0 Å². The number of hydrogen-bond donors (Lipinski definition) is 1. The van der Waals surface area contributed by atoms with E-state index in [1.807, 2.05) is 6.92 Å². The van der Waals surface area contributed by atoms with Crippen molar-refractivity contribution in [3.05, 3.63) is 24.0 Å². The van der Waals surface area contributed by atoms with Crippen LogP contribution in [0, 0.1) is 0 Å². The van der Waals surface area contributed by atoms with Crippen LogP contribution in [0.4, 0.5) is 0 Å². The monoisotopic (exact) mass is 295 g/mol. The minimum absolute atomic E-state index is 0.241. The van der Waals surface area contributed by atoms with Gasteiger partial charge in [-0.15, -0.1) is 0 Å². The van der Waals surface area contributed by atoms with Crippen LogP contribution < -0.4 is 0 Å². The average Bonchev–Trinajstić information content (AvgIpc) is 2.91. The Kier molecular flexibility index (Phi) is 6.70. The van der Waals surface area contributed by atoms with Crippen molar-refractivity contribution >= 4 is 0 Å². The number of aliphatic hydroxyl groups is 1. The molecule has 2 rings (SSSR count). The van der Waals surface area contributed by atoms with Gasteiger partial charge in [0.1, 0.15) is 0 Å². The van der Waals surface area contributed by atoms with E-state index >= 15 is 0 Å². The van der Waals surface area contributed by atoms with Crippen LogP contribution in [0.15, 0.2) is 18.3 Å². The molecule has 1 aliphatic heterocycles. The summed E-state index contributed by atoms with van der Waals surface area (Å²) in [5.41, 5.74) is 1.29. The molecule has 5 nitrogen and oxygen atoms in total. The fraction of sp³-hybridized carbons (Fsp3) is 0.750.